The van der Waals surface area contributed by atoms with Gasteiger partial charge in [0, 0.05) is 17.7 Å². The summed E-state index contributed by atoms with van der Waals surface area (Å²) in [5, 5.41) is 10.1. The smallest absolute Gasteiger partial charge is 0.112 e. The van der Waals surface area contributed by atoms with Crippen molar-refractivity contribution in [3.05, 3.63) is 102 Å². The van der Waals surface area contributed by atoms with Gasteiger partial charge in [-0.25, -0.2) is 0 Å². The molecule has 0 radical (unpaired) electrons. The van der Waals surface area contributed by atoms with Crippen molar-refractivity contribution >= 4 is 11.8 Å². The van der Waals surface area contributed by atoms with Crippen molar-refractivity contribution in [2.75, 3.05) is 0 Å². The summed E-state index contributed by atoms with van der Waals surface area (Å²) in [6, 6.07) is 33.0. The molecule has 30 heavy (non-hydrogen) atoms. The zero-order chi connectivity index (χ0) is 20.7. The van der Waals surface area contributed by atoms with Crippen LogP contribution in [0.1, 0.15) is 24.0 Å². The van der Waals surface area contributed by atoms with Crippen LogP contribution in [-0.2, 0) is 22.7 Å². The molecule has 4 heteroatoms. The van der Waals surface area contributed by atoms with E-state index in [1.165, 1.54) is 0 Å². The van der Waals surface area contributed by atoms with Gasteiger partial charge in [0.05, 0.1) is 31.5 Å². The van der Waals surface area contributed by atoms with Crippen molar-refractivity contribution in [2.45, 2.75) is 47.9 Å². The molecule has 2 unspecified atom stereocenters. The Kier molecular flexibility index (Phi) is 6.86. The third-order valence-electron chi connectivity index (χ3n) is 5.35. The van der Waals surface area contributed by atoms with Crippen LogP contribution in [0.15, 0.2) is 95.9 Å². The minimum absolute atomic E-state index is 0.121. The SMILES string of the molecule is N#CC1(Sc2ccccc2)CC(OCc2ccccc2)C(OCc2ccccc2)C1. The van der Waals surface area contributed by atoms with Crippen molar-refractivity contribution in [3.63, 3.8) is 0 Å². The molecule has 0 spiro atoms. The van der Waals surface area contributed by atoms with E-state index in [0.717, 1.165) is 16.0 Å². The topological polar surface area (TPSA) is 42.2 Å². The zero-order valence-electron chi connectivity index (χ0n) is 16.8. The van der Waals surface area contributed by atoms with E-state index in [4.69, 9.17) is 9.47 Å². The minimum Gasteiger partial charge on any atom is -0.371 e. The average molecular weight is 416 g/mol. The highest BCUT2D eigenvalue weighted by Gasteiger charge is 2.48. The summed E-state index contributed by atoms with van der Waals surface area (Å²) >= 11 is 1.63. The maximum absolute atomic E-state index is 10.1. The first-order chi connectivity index (χ1) is 14.8. The lowest BCUT2D eigenvalue weighted by Crippen LogP contribution is -2.26. The number of nitrogens with zero attached hydrogens (tertiary/aromatic N) is 1. The van der Waals surface area contributed by atoms with Gasteiger partial charge in [-0.05, 0) is 23.3 Å². The monoisotopic (exact) mass is 415 g/mol. The third kappa shape index (κ3) is 5.31. The van der Waals surface area contributed by atoms with Crippen molar-refractivity contribution < 1.29 is 9.47 Å². The molecule has 1 aliphatic rings. The lowest BCUT2D eigenvalue weighted by molar-refractivity contribution is -0.0686. The van der Waals surface area contributed by atoms with Gasteiger partial charge in [0.25, 0.3) is 0 Å². The van der Waals surface area contributed by atoms with Crippen LogP contribution in [0.25, 0.3) is 0 Å². The van der Waals surface area contributed by atoms with Crippen LogP contribution in [-0.4, -0.2) is 17.0 Å². The highest BCUT2D eigenvalue weighted by atomic mass is 32.2. The number of nitriles is 1. The molecule has 1 fully saturated rings. The Hall–Kier alpha value is -2.58. The maximum atomic E-state index is 10.1. The van der Waals surface area contributed by atoms with Crippen molar-refractivity contribution in [1.29, 1.82) is 5.26 Å². The van der Waals surface area contributed by atoms with E-state index in [0.29, 0.717) is 26.1 Å². The summed E-state index contributed by atoms with van der Waals surface area (Å²) in [6.45, 7) is 1.04. The van der Waals surface area contributed by atoms with Crippen molar-refractivity contribution in [3.8, 4) is 6.07 Å². The molecule has 0 bridgehead atoms. The average Bonchev–Trinajstić information content (AvgIpc) is 3.16. The number of hydrogen-bond acceptors (Lipinski definition) is 4. The summed E-state index contributed by atoms with van der Waals surface area (Å²) < 4.78 is 12.0. The molecule has 3 nitrogen and oxygen atoms in total. The predicted octanol–water partition coefficient (Wildman–Crippen LogP) is 6.01. The number of hydrogen-bond donors (Lipinski definition) is 0. The molecule has 1 saturated carbocycles. The Labute approximate surface area is 182 Å². The standard InChI is InChI=1S/C26H25NO2S/c27-20-26(30-23-14-8-3-9-15-23)16-24(28-18-21-10-4-1-5-11-21)25(17-26)29-19-22-12-6-2-7-13-22/h1-15,24-25H,16-19H2. The summed E-state index contributed by atoms with van der Waals surface area (Å²) in [5.74, 6) is 0. The van der Waals surface area contributed by atoms with Gasteiger partial charge in [-0.1, -0.05) is 78.9 Å². The molecule has 0 N–H and O–H groups in total. The van der Waals surface area contributed by atoms with Crippen LogP contribution in [0, 0.1) is 11.3 Å². The number of benzene rings is 3. The zero-order valence-corrected chi connectivity index (χ0v) is 17.6. The number of thioether (sulfide) groups is 1. The highest BCUT2D eigenvalue weighted by molar-refractivity contribution is 8.01. The molecule has 0 aliphatic heterocycles. The van der Waals surface area contributed by atoms with Gasteiger partial charge in [0.1, 0.15) is 4.75 Å². The predicted molar refractivity (Wildman–Crippen MR) is 120 cm³/mol. The van der Waals surface area contributed by atoms with Crippen LogP contribution in [0.5, 0.6) is 0 Å². The Balaban J connectivity index is 1.48. The summed E-state index contributed by atoms with van der Waals surface area (Å²) in [5.41, 5.74) is 2.26. The molecule has 0 amide bonds. The van der Waals surface area contributed by atoms with Gasteiger partial charge in [-0.3, -0.25) is 0 Å². The normalized spacial score (nSPS) is 23.2. The molecule has 0 aromatic heterocycles. The third-order valence-corrected chi connectivity index (χ3v) is 6.67. The van der Waals surface area contributed by atoms with E-state index in [1.54, 1.807) is 11.8 Å². The van der Waals surface area contributed by atoms with E-state index in [1.807, 2.05) is 54.6 Å². The van der Waals surface area contributed by atoms with Gasteiger partial charge in [0.2, 0.25) is 0 Å². The van der Waals surface area contributed by atoms with Crippen LogP contribution in [0.2, 0.25) is 0 Å². The maximum Gasteiger partial charge on any atom is 0.112 e. The molecular formula is C26H25NO2S. The molecule has 3 aromatic rings. The summed E-state index contributed by atoms with van der Waals surface area (Å²) in [7, 11) is 0. The Morgan fingerprint density at radius 2 is 1.17 bits per heavy atom. The molecule has 3 aromatic carbocycles. The Morgan fingerprint density at radius 3 is 1.60 bits per heavy atom. The van der Waals surface area contributed by atoms with E-state index in [2.05, 4.69) is 42.5 Å². The largest absolute Gasteiger partial charge is 0.371 e. The van der Waals surface area contributed by atoms with Gasteiger partial charge < -0.3 is 9.47 Å². The van der Waals surface area contributed by atoms with Gasteiger partial charge >= 0.3 is 0 Å². The second kappa shape index (κ2) is 9.95. The fourth-order valence-corrected chi connectivity index (χ4v) is 5.08. The molecule has 4 rings (SSSR count). The fraction of sp³-hybridized carbons (Fsp3) is 0.269. The second-order valence-electron chi connectivity index (χ2n) is 7.60. The molecule has 0 saturated heterocycles. The van der Waals surface area contributed by atoms with Crippen LogP contribution < -0.4 is 0 Å². The lowest BCUT2D eigenvalue weighted by atomic mass is 10.1. The minimum atomic E-state index is -0.552. The first-order valence-corrected chi connectivity index (χ1v) is 11.0. The summed E-state index contributed by atoms with van der Waals surface area (Å²) in [4.78, 5) is 1.10. The van der Waals surface area contributed by atoms with E-state index < -0.39 is 4.75 Å². The molecule has 152 valence electrons. The second-order valence-corrected chi connectivity index (χ2v) is 9.06. The Bertz CT molecular complexity index is 905. The molecule has 2 atom stereocenters. The first-order valence-electron chi connectivity index (χ1n) is 10.2. The molecule has 1 aliphatic carbocycles. The van der Waals surface area contributed by atoms with Crippen molar-refractivity contribution in [2.24, 2.45) is 0 Å². The molecule has 0 heterocycles. The lowest BCUT2D eigenvalue weighted by Gasteiger charge is -2.20. The van der Waals surface area contributed by atoms with Crippen LogP contribution >= 0.6 is 11.8 Å². The van der Waals surface area contributed by atoms with Crippen LogP contribution in [0.4, 0.5) is 0 Å². The first kappa shape index (κ1) is 20.7. The van der Waals surface area contributed by atoms with E-state index in [-0.39, 0.29) is 12.2 Å². The highest BCUT2D eigenvalue weighted by Crippen LogP contribution is 2.47. The Morgan fingerprint density at radius 1 is 0.733 bits per heavy atom. The van der Waals surface area contributed by atoms with Crippen LogP contribution in [0.3, 0.4) is 0 Å². The molecular weight excluding hydrogens is 390 g/mol. The number of ether oxygens (including phenoxy) is 2. The van der Waals surface area contributed by atoms with Gasteiger partial charge in [0.15, 0.2) is 0 Å². The quantitative estimate of drug-likeness (QED) is 0.452. The van der Waals surface area contributed by atoms with Crippen molar-refractivity contribution in [1.82, 2.24) is 0 Å². The summed E-state index contributed by atoms with van der Waals surface area (Å²) in [6.07, 6.45) is 1.06. The number of rotatable bonds is 8. The van der Waals surface area contributed by atoms with E-state index in [9.17, 15) is 5.26 Å². The fourth-order valence-electron chi connectivity index (χ4n) is 3.80. The van der Waals surface area contributed by atoms with E-state index >= 15 is 0 Å². The van der Waals surface area contributed by atoms with Gasteiger partial charge in [-0.15, -0.1) is 11.8 Å². The van der Waals surface area contributed by atoms with Gasteiger partial charge in [-0.2, -0.15) is 5.26 Å².